The van der Waals surface area contributed by atoms with Crippen LogP contribution < -0.4 is 5.73 Å². The van der Waals surface area contributed by atoms with E-state index in [1.165, 1.54) is 0 Å². The van der Waals surface area contributed by atoms with Gasteiger partial charge in [0.1, 0.15) is 0 Å². The molecule has 0 saturated heterocycles. The lowest BCUT2D eigenvalue weighted by molar-refractivity contribution is 0.296. The molecule has 0 amide bonds. The highest BCUT2D eigenvalue weighted by Crippen LogP contribution is 2.27. The van der Waals surface area contributed by atoms with Crippen molar-refractivity contribution in [3.8, 4) is 0 Å². The molecule has 0 bridgehead atoms. The van der Waals surface area contributed by atoms with Gasteiger partial charge in [-0.3, -0.25) is 0 Å². The first-order valence-electron chi connectivity index (χ1n) is 5.62. The standard InChI is InChI=1S/C13H19Cl2N/c1-4-13(16,9(2)3)8-10-5-6-11(14)12(15)7-10/h5-7,9H,4,8,16H2,1-3H3. The van der Waals surface area contributed by atoms with Crippen molar-refractivity contribution < 1.29 is 0 Å². The van der Waals surface area contributed by atoms with E-state index >= 15 is 0 Å². The highest BCUT2D eigenvalue weighted by Gasteiger charge is 2.27. The van der Waals surface area contributed by atoms with Gasteiger partial charge < -0.3 is 5.73 Å². The minimum Gasteiger partial charge on any atom is -0.325 e. The predicted molar refractivity (Wildman–Crippen MR) is 72.2 cm³/mol. The SMILES string of the molecule is CCC(N)(Cc1ccc(Cl)c(Cl)c1)C(C)C. The van der Waals surface area contributed by atoms with Crippen molar-refractivity contribution >= 4 is 23.2 Å². The molecule has 3 heteroatoms. The van der Waals surface area contributed by atoms with Crippen LogP contribution in [0.5, 0.6) is 0 Å². The van der Waals surface area contributed by atoms with E-state index in [-0.39, 0.29) is 5.54 Å². The van der Waals surface area contributed by atoms with Gasteiger partial charge in [-0.25, -0.2) is 0 Å². The molecular weight excluding hydrogens is 241 g/mol. The minimum atomic E-state index is -0.169. The van der Waals surface area contributed by atoms with E-state index < -0.39 is 0 Å². The number of halogens is 2. The van der Waals surface area contributed by atoms with Crippen molar-refractivity contribution in [1.29, 1.82) is 0 Å². The van der Waals surface area contributed by atoms with Crippen LogP contribution in [0.15, 0.2) is 18.2 Å². The average molecular weight is 260 g/mol. The predicted octanol–water partition coefficient (Wildman–Crippen LogP) is 4.30. The highest BCUT2D eigenvalue weighted by molar-refractivity contribution is 6.42. The molecular formula is C13H19Cl2N. The summed E-state index contributed by atoms with van der Waals surface area (Å²) < 4.78 is 0. The fraction of sp³-hybridized carbons (Fsp3) is 0.538. The quantitative estimate of drug-likeness (QED) is 0.858. The fourth-order valence-electron chi connectivity index (χ4n) is 1.77. The van der Waals surface area contributed by atoms with E-state index in [0.29, 0.717) is 16.0 Å². The number of benzene rings is 1. The molecule has 1 rings (SSSR count). The molecule has 1 atom stereocenters. The summed E-state index contributed by atoms with van der Waals surface area (Å²) >= 11 is 11.9. The van der Waals surface area contributed by atoms with E-state index in [9.17, 15) is 0 Å². The van der Waals surface area contributed by atoms with Crippen molar-refractivity contribution in [2.45, 2.75) is 39.2 Å². The Morgan fingerprint density at radius 2 is 1.88 bits per heavy atom. The summed E-state index contributed by atoms with van der Waals surface area (Å²) in [4.78, 5) is 0. The number of hydrogen-bond acceptors (Lipinski definition) is 1. The summed E-state index contributed by atoms with van der Waals surface area (Å²) in [5.74, 6) is 0.437. The molecule has 0 heterocycles. The van der Waals surface area contributed by atoms with Gasteiger partial charge in [-0.15, -0.1) is 0 Å². The van der Waals surface area contributed by atoms with Crippen molar-refractivity contribution in [3.05, 3.63) is 33.8 Å². The molecule has 0 radical (unpaired) electrons. The van der Waals surface area contributed by atoms with Gasteiger partial charge in [-0.2, -0.15) is 0 Å². The van der Waals surface area contributed by atoms with Gasteiger partial charge in [-0.1, -0.05) is 50.0 Å². The van der Waals surface area contributed by atoms with Gasteiger partial charge in [-0.05, 0) is 36.5 Å². The second-order valence-corrected chi connectivity index (χ2v) is 5.48. The fourth-order valence-corrected chi connectivity index (χ4v) is 2.09. The first kappa shape index (κ1) is 13.8. The lowest BCUT2D eigenvalue weighted by Gasteiger charge is -2.32. The summed E-state index contributed by atoms with van der Waals surface area (Å²) in [6, 6.07) is 5.73. The molecule has 0 aliphatic heterocycles. The van der Waals surface area contributed by atoms with Crippen LogP contribution in [0.3, 0.4) is 0 Å². The summed E-state index contributed by atoms with van der Waals surface area (Å²) in [6.45, 7) is 6.43. The Hall–Kier alpha value is -0.240. The molecule has 90 valence electrons. The maximum Gasteiger partial charge on any atom is 0.0595 e. The lowest BCUT2D eigenvalue weighted by atomic mass is 9.80. The van der Waals surface area contributed by atoms with Gasteiger partial charge in [0.2, 0.25) is 0 Å². The lowest BCUT2D eigenvalue weighted by Crippen LogP contribution is -2.46. The third-order valence-corrected chi connectivity index (χ3v) is 4.06. The molecule has 0 saturated carbocycles. The van der Waals surface area contributed by atoms with Crippen LogP contribution in [-0.2, 0) is 6.42 Å². The third-order valence-electron chi connectivity index (χ3n) is 3.33. The number of rotatable bonds is 4. The highest BCUT2D eigenvalue weighted by atomic mass is 35.5. The van der Waals surface area contributed by atoms with Gasteiger partial charge in [0.15, 0.2) is 0 Å². The summed E-state index contributed by atoms with van der Waals surface area (Å²) in [6.07, 6.45) is 1.78. The van der Waals surface area contributed by atoms with Crippen LogP contribution in [-0.4, -0.2) is 5.54 Å². The van der Waals surface area contributed by atoms with Crippen LogP contribution in [0, 0.1) is 5.92 Å². The second kappa shape index (κ2) is 5.39. The van der Waals surface area contributed by atoms with Crippen LogP contribution in [0.4, 0.5) is 0 Å². The summed E-state index contributed by atoms with van der Waals surface area (Å²) in [7, 11) is 0. The van der Waals surface area contributed by atoms with Crippen LogP contribution in [0.1, 0.15) is 32.8 Å². The molecule has 1 unspecified atom stereocenters. The van der Waals surface area contributed by atoms with Crippen molar-refractivity contribution in [2.24, 2.45) is 11.7 Å². The molecule has 0 aliphatic rings. The van der Waals surface area contributed by atoms with Crippen molar-refractivity contribution in [1.82, 2.24) is 0 Å². The van der Waals surface area contributed by atoms with Gasteiger partial charge in [0.25, 0.3) is 0 Å². The third kappa shape index (κ3) is 3.13. The Balaban J connectivity index is 2.90. The molecule has 0 fully saturated rings. The van der Waals surface area contributed by atoms with Crippen LogP contribution in [0.2, 0.25) is 10.0 Å². The van der Waals surface area contributed by atoms with Gasteiger partial charge >= 0.3 is 0 Å². The van der Waals surface area contributed by atoms with Gasteiger partial charge in [0, 0.05) is 5.54 Å². The number of nitrogens with two attached hydrogens (primary N) is 1. The topological polar surface area (TPSA) is 26.0 Å². The van der Waals surface area contributed by atoms with E-state index in [1.807, 2.05) is 18.2 Å². The molecule has 0 spiro atoms. The van der Waals surface area contributed by atoms with E-state index in [1.54, 1.807) is 0 Å². The monoisotopic (exact) mass is 259 g/mol. The molecule has 0 aliphatic carbocycles. The Morgan fingerprint density at radius 3 is 2.31 bits per heavy atom. The summed E-state index contributed by atoms with van der Waals surface area (Å²) in [5, 5.41) is 1.19. The van der Waals surface area contributed by atoms with E-state index in [4.69, 9.17) is 28.9 Å². The summed E-state index contributed by atoms with van der Waals surface area (Å²) in [5.41, 5.74) is 7.36. The molecule has 2 N–H and O–H groups in total. The molecule has 0 aromatic heterocycles. The smallest absolute Gasteiger partial charge is 0.0595 e. The van der Waals surface area contributed by atoms with Crippen molar-refractivity contribution in [2.75, 3.05) is 0 Å². The largest absolute Gasteiger partial charge is 0.325 e. The first-order chi connectivity index (χ1) is 7.39. The Bertz CT molecular complexity index is 363. The van der Waals surface area contributed by atoms with Crippen LogP contribution >= 0.6 is 23.2 Å². The normalized spacial score (nSPS) is 15.2. The van der Waals surface area contributed by atoms with E-state index in [0.717, 1.165) is 18.4 Å². The second-order valence-electron chi connectivity index (χ2n) is 4.67. The Labute approximate surface area is 108 Å². The Morgan fingerprint density at radius 1 is 1.25 bits per heavy atom. The maximum atomic E-state index is 6.38. The minimum absolute atomic E-state index is 0.169. The first-order valence-corrected chi connectivity index (χ1v) is 6.37. The molecule has 1 nitrogen and oxygen atoms in total. The molecule has 16 heavy (non-hydrogen) atoms. The molecule has 1 aromatic carbocycles. The van der Waals surface area contributed by atoms with Gasteiger partial charge in [0.05, 0.1) is 10.0 Å². The zero-order valence-corrected chi connectivity index (χ0v) is 11.6. The average Bonchev–Trinajstić information content (AvgIpc) is 2.23. The van der Waals surface area contributed by atoms with E-state index in [2.05, 4.69) is 20.8 Å². The maximum absolute atomic E-state index is 6.38. The zero-order chi connectivity index (χ0) is 12.3. The zero-order valence-electron chi connectivity index (χ0n) is 10.1. The Kier molecular flexibility index (Phi) is 4.66. The van der Waals surface area contributed by atoms with Crippen LogP contribution in [0.25, 0.3) is 0 Å². The molecule has 1 aromatic rings. The number of hydrogen-bond donors (Lipinski definition) is 1. The van der Waals surface area contributed by atoms with Crippen molar-refractivity contribution in [3.63, 3.8) is 0 Å².